The SMILES string of the molecule is CCc1ccccc1S(=O)(=O)N1CCC(CNC)CC1.Cl. The van der Waals surface area contributed by atoms with Gasteiger partial charge in [-0.15, -0.1) is 12.4 Å². The number of piperidine rings is 1. The van der Waals surface area contributed by atoms with Gasteiger partial charge in [-0.2, -0.15) is 4.31 Å². The van der Waals surface area contributed by atoms with Crippen LogP contribution in [-0.2, 0) is 16.4 Å². The highest BCUT2D eigenvalue weighted by atomic mass is 35.5. The number of nitrogens with zero attached hydrogens (tertiary/aromatic N) is 1. The van der Waals surface area contributed by atoms with Crippen LogP contribution in [0.2, 0.25) is 0 Å². The summed E-state index contributed by atoms with van der Waals surface area (Å²) in [5, 5.41) is 3.17. The standard InChI is InChI=1S/C15H24N2O2S.ClH/c1-3-14-6-4-5-7-15(14)20(18,19)17-10-8-13(9-11-17)12-16-2;/h4-7,13,16H,3,8-12H2,1-2H3;1H. The van der Waals surface area contributed by atoms with Gasteiger partial charge >= 0.3 is 0 Å². The van der Waals surface area contributed by atoms with Crippen molar-refractivity contribution in [3.8, 4) is 0 Å². The zero-order chi connectivity index (χ0) is 14.6. The number of sulfonamides is 1. The molecule has 1 heterocycles. The van der Waals surface area contributed by atoms with Crippen LogP contribution >= 0.6 is 12.4 Å². The molecule has 2 rings (SSSR count). The van der Waals surface area contributed by atoms with Gasteiger partial charge in [0.2, 0.25) is 10.0 Å². The fourth-order valence-corrected chi connectivity index (χ4v) is 4.59. The zero-order valence-corrected chi connectivity index (χ0v) is 14.3. The molecule has 120 valence electrons. The van der Waals surface area contributed by atoms with Gasteiger partial charge in [-0.05, 0) is 50.4 Å². The minimum Gasteiger partial charge on any atom is -0.319 e. The fourth-order valence-electron chi connectivity index (χ4n) is 2.83. The fraction of sp³-hybridized carbons (Fsp3) is 0.600. The molecule has 0 saturated carbocycles. The predicted molar refractivity (Wildman–Crippen MR) is 88.5 cm³/mol. The Labute approximate surface area is 134 Å². The normalized spacial score (nSPS) is 17.4. The second kappa shape index (κ2) is 8.13. The van der Waals surface area contributed by atoms with Crippen LogP contribution in [0.25, 0.3) is 0 Å². The average molecular weight is 333 g/mol. The van der Waals surface area contributed by atoms with Crippen molar-refractivity contribution < 1.29 is 8.42 Å². The van der Waals surface area contributed by atoms with Crippen LogP contribution in [0.5, 0.6) is 0 Å². The molecule has 1 saturated heterocycles. The molecule has 0 unspecified atom stereocenters. The minimum atomic E-state index is -3.33. The van der Waals surface area contributed by atoms with E-state index in [-0.39, 0.29) is 12.4 Å². The first kappa shape index (κ1) is 18.4. The lowest BCUT2D eigenvalue weighted by molar-refractivity contribution is 0.270. The summed E-state index contributed by atoms with van der Waals surface area (Å²) in [4.78, 5) is 0.481. The van der Waals surface area contributed by atoms with Gasteiger partial charge < -0.3 is 5.32 Å². The van der Waals surface area contributed by atoms with Gasteiger partial charge in [0.15, 0.2) is 0 Å². The summed E-state index contributed by atoms with van der Waals surface area (Å²) < 4.78 is 27.1. The number of halogens is 1. The van der Waals surface area contributed by atoms with E-state index in [0.717, 1.165) is 31.4 Å². The number of hydrogen-bond acceptors (Lipinski definition) is 3. The van der Waals surface area contributed by atoms with E-state index in [1.54, 1.807) is 16.4 Å². The molecule has 0 bridgehead atoms. The van der Waals surface area contributed by atoms with Crippen LogP contribution in [-0.4, -0.2) is 39.4 Å². The predicted octanol–water partition coefficient (Wildman–Crippen LogP) is 2.29. The third kappa shape index (κ3) is 4.19. The molecular weight excluding hydrogens is 308 g/mol. The van der Waals surface area contributed by atoms with E-state index < -0.39 is 10.0 Å². The Morgan fingerprint density at radius 2 is 1.86 bits per heavy atom. The number of nitrogens with one attached hydrogen (secondary N) is 1. The van der Waals surface area contributed by atoms with E-state index >= 15 is 0 Å². The number of hydrogen-bond donors (Lipinski definition) is 1. The van der Waals surface area contributed by atoms with E-state index in [9.17, 15) is 8.42 Å². The van der Waals surface area contributed by atoms with Gasteiger partial charge in [-0.25, -0.2) is 8.42 Å². The van der Waals surface area contributed by atoms with Crippen LogP contribution in [0, 0.1) is 5.92 Å². The zero-order valence-electron chi connectivity index (χ0n) is 12.7. The first-order valence-electron chi connectivity index (χ1n) is 7.32. The smallest absolute Gasteiger partial charge is 0.243 e. The molecule has 1 aliphatic heterocycles. The Morgan fingerprint density at radius 1 is 1.24 bits per heavy atom. The minimum absolute atomic E-state index is 0. The summed E-state index contributed by atoms with van der Waals surface area (Å²) in [7, 11) is -1.39. The van der Waals surface area contributed by atoms with Gasteiger partial charge in [0, 0.05) is 13.1 Å². The van der Waals surface area contributed by atoms with Gasteiger partial charge in [0.1, 0.15) is 0 Å². The average Bonchev–Trinajstić information content (AvgIpc) is 2.48. The molecule has 0 aromatic heterocycles. The lowest BCUT2D eigenvalue weighted by Crippen LogP contribution is -2.40. The molecule has 1 N–H and O–H groups in total. The van der Waals surface area contributed by atoms with Crippen molar-refractivity contribution in [3.05, 3.63) is 29.8 Å². The maximum Gasteiger partial charge on any atom is 0.243 e. The Hall–Kier alpha value is -0.620. The van der Waals surface area contributed by atoms with Gasteiger partial charge in [0.25, 0.3) is 0 Å². The van der Waals surface area contributed by atoms with Crippen LogP contribution in [0.4, 0.5) is 0 Å². The van der Waals surface area contributed by atoms with E-state index in [1.807, 2.05) is 26.1 Å². The third-order valence-electron chi connectivity index (χ3n) is 4.04. The van der Waals surface area contributed by atoms with E-state index in [1.165, 1.54) is 0 Å². The summed E-state index contributed by atoms with van der Waals surface area (Å²) in [6.07, 6.45) is 2.62. The summed E-state index contributed by atoms with van der Waals surface area (Å²) in [5.41, 5.74) is 0.907. The Kier molecular flexibility index (Phi) is 7.13. The quantitative estimate of drug-likeness (QED) is 0.900. The van der Waals surface area contributed by atoms with Gasteiger partial charge in [-0.3, -0.25) is 0 Å². The topological polar surface area (TPSA) is 49.4 Å². The molecule has 1 fully saturated rings. The summed E-state index contributed by atoms with van der Waals surface area (Å²) in [6.45, 7) is 4.23. The maximum atomic E-state index is 12.7. The molecule has 0 atom stereocenters. The van der Waals surface area contributed by atoms with Crippen LogP contribution in [0.3, 0.4) is 0 Å². The molecule has 6 heteroatoms. The summed E-state index contributed by atoms with van der Waals surface area (Å²) in [5.74, 6) is 0.591. The summed E-state index contributed by atoms with van der Waals surface area (Å²) in [6, 6.07) is 7.34. The van der Waals surface area contributed by atoms with Crippen molar-refractivity contribution in [2.24, 2.45) is 5.92 Å². The van der Waals surface area contributed by atoms with Crippen molar-refractivity contribution in [2.75, 3.05) is 26.7 Å². The van der Waals surface area contributed by atoms with Crippen molar-refractivity contribution >= 4 is 22.4 Å². The van der Waals surface area contributed by atoms with Crippen molar-refractivity contribution in [1.82, 2.24) is 9.62 Å². The molecule has 0 spiro atoms. The lowest BCUT2D eigenvalue weighted by Gasteiger charge is -2.31. The van der Waals surface area contributed by atoms with Gasteiger partial charge in [0.05, 0.1) is 4.90 Å². The summed E-state index contributed by atoms with van der Waals surface area (Å²) >= 11 is 0. The number of aryl methyl sites for hydroxylation is 1. The Morgan fingerprint density at radius 3 is 2.43 bits per heavy atom. The number of rotatable bonds is 5. The van der Waals surface area contributed by atoms with E-state index in [0.29, 0.717) is 23.9 Å². The first-order chi connectivity index (χ1) is 9.59. The number of benzene rings is 1. The lowest BCUT2D eigenvalue weighted by atomic mass is 9.98. The van der Waals surface area contributed by atoms with Crippen LogP contribution in [0.1, 0.15) is 25.3 Å². The molecule has 4 nitrogen and oxygen atoms in total. The van der Waals surface area contributed by atoms with Crippen molar-refractivity contribution in [1.29, 1.82) is 0 Å². The van der Waals surface area contributed by atoms with Gasteiger partial charge in [-0.1, -0.05) is 25.1 Å². The third-order valence-corrected chi connectivity index (χ3v) is 6.04. The highest BCUT2D eigenvalue weighted by molar-refractivity contribution is 7.89. The molecule has 0 amide bonds. The Balaban J connectivity index is 0.00000220. The molecule has 0 aliphatic carbocycles. The highest BCUT2D eigenvalue weighted by Gasteiger charge is 2.30. The second-order valence-electron chi connectivity index (χ2n) is 5.37. The van der Waals surface area contributed by atoms with Crippen molar-refractivity contribution in [2.45, 2.75) is 31.1 Å². The Bertz CT molecular complexity index is 540. The molecule has 1 aromatic rings. The molecule has 1 aliphatic rings. The maximum absolute atomic E-state index is 12.7. The van der Waals surface area contributed by atoms with E-state index in [2.05, 4.69) is 5.32 Å². The molecule has 21 heavy (non-hydrogen) atoms. The largest absolute Gasteiger partial charge is 0.319 e. The molecular formula is C15H25ClN2O2S. The first-order valence-corrected chi connectivity index (χ1v) is 8.76. The van der Waals surface area contributed by atoms with Crippen LogP contribution in [0.15, 0.2) is 29.2 Å². The molecule has 1 aromatic carbocycles. The monoisotopic (exact) mass is 332 g/mol. The van der Waals surface area contributed by atoms with Crippen molar-refractivity contribution in [3.63, 3.8) is 0 Å². The second-order valence-corrected chi connectivity index (χ2v) is 7.27. The van der Waals surface area contributed by atoms with Crippen LogP contribution < -0.4 is 5.32 Å². The highest BCUT2D eigenvalue weighted by Crippen LogP contribution is 2.25. The molecule has 0 radical (unpaired) electrons. The van der Waals surface area contributed by atoms with E-state index in [4.69, 9.17) is 0 Å².